The number of likely N-dealkylation sites (N-methyl/N-ethyl adjacent to an activating group) is 1. The van der Waals surface area contributed by atoms with E-state index >= 15 is 0 Å². The maximum Gasteiger partial charge on any atom is 0.255 e. The van der Waals surface area contributed by atoms with Gasteiger partial charge >= 0.3 is 0 Å². The first-order valence-electron chi connectivity index (χ1n) is 7.98. The largest absolute Gasteiger partial charge is 0.337 e. The van der Waals surface area contributed by atoms with Crippen molar-refractivity contribution in [2.24, 2.45) is 0 Å². The smallest absolute Gasteiger partial charge is 0.255 e. The second-order valence-corrected chi connectivity index (χ2v) is 5.86. The second kappa shape index (κ2) is 6.04. The molecule has 0 bridgehead atoms. The predicted molar refractivity (Wildman–Crippen MR) is 85.9 cm³/mol. The van der Waals surface area contributed by atoms with Gasteiger partial charge in [-0.3, -0.25) is 14.8 Å². The number of aryl methyl sites for hydroxylation is 1. The van der Waals surface area contributed by atoms with Gasteiger partial charge in [-0.05, 0) is 32.5 Å². The molecular weight excluding hydrogens is 278 g/mol. The van der Waals surface area contributed by atoms with Crippen LogP contribution in [0, 0.1) is 6.92 Å². The molecule has 3 heterocycles. The number of pyridine rings is 1. The molecule has 6 heteroatoms. The van der Waals surface area contributed by atoms with Crippen LogP contribution in [0.3, 0.4) is 0 Å². The number of aromatic amines is 1. The lowest BCUT2D eigenvalue weighted by atomic mass is 10.2. The summed E-state index contributed by atoms with van der Waals surface area (Å²) in [6.45, 7) is 9.99. The van der Waals surface area contributed by atoms with Crippen LogP contribution in [0.2, 0.25) is 0 Å². The van der Waals surface area contributed by atoms with Crippen molar-refractivity contribution >= 4 is 16.9 Å². The number of nitrogens with one attached hydrogen (secondary N) is 1. The summed E-state index contributed by atoms with van der Waals surface area (Å²) in [5.74, 6) is 0.0738. The third-order valence-corrected chi connectivity index (χ3v) is 4.63. The minimum absolute atomic E-state index is 0.0738. The zero-order valence-corrected chi connectivity index (χ0v) is 13.5. The molecule has 1 saturated heterocycles. The van der Waals surface area contributed by atoms with Gasteiger partial charge in [-0.1, -0.05) is 13.8 Å². The molecule has 1 N–H and O–H groups in total. The number of carbonyl (C=O) groups excluding carboxylic acids is 1. The van der Waals surface area contributed by atoms with E-state index in [1.807, 2.05) is 17.9 Å². The van der Waals surface area contributed by atoms with Crippen LogP contribution in [0.1, 0.15) is 36.3 Å². The number of rotatable bonds is 4. The van der Waals surface area contributed by atoms with Gasteiger partial charge in [-0.2, -0.15) is 5.10 Å². The number of amides is 1. The van der Waals surface area contributed by atoms with Crippen molar-refractivity contribution in [2.75, 3.05) is 26.2 Å². The molecule has 22 heavy (non-hydrogen) atoms. The molecule has 1 amide bonds. The summed E-state index contributed by atoms with van der Waals surface area (Å²) in [4.78, 5) is 21.4. The topological polar surface area (TPSA) is 65.1 Å². The fourth-order valence-corrected chi connectivity index (χ4v) is 3.28. The fraction of sp³-hybridized carbons (Fsp3) is 0.562. The molecule has 2 aromatic rings. The quantitative estimate of drug-likeness (QED) is 0.935. The Labute approximate surface area is 130 Å². The van der Waals surface area contributed by atoms with Gasteiger partial charge in [0.15, 0.2) is 5.65 Å². The number of hydrogen-bond acceptors (Lipinski definition) is 4. The van der Waals surface area contributed by atoms with Crippen molar-refractivity contribution in [3.8, 4) is 0 Å². The number of H-pyrrole nitrogens is 1. The van der Waals surface area contributed by atoms with E-state index in [1.165, 1.54) is 0 Å². The lowest BCUT2D eigenvalue weighted by molar-refractivity contribution is 0.0778. The highest BCUT2D eigenvalue weighted by molar-refractivity contribution is 5.97. The zero-order chi connectivity index (χ0) is 15.7. The molecule has 0 spiro atoms. The van der Waals surface area contributed by atoms with Crippen LogP contribution in [0.15, 0.2) is 12.3 Å². The predicted octanol–water partition coefficient (Wildman–Crippen LogP) is 1.82. The van der Waals surface area contributed by atoms with Crippen LogP contribution in [0.4, 0.5) is 0 Å². The van der Waals surface area contributed by atoms with Gasteiger partial charge in [0.2, 0.25) is 0 Å². The number of nitrogens with zero attached hydrogens (tertiary/aromatic N) is 4. The van der Waals surface area contributed by atoms with E-state index in [2.05, 4.69) is 33.9 Å². The van der Waals surface area contributed by atoms with Crippen molar-refractivity contribution < 1.29 is 4.79 Å². The van der Waals surface area contributed by atoms with E-state index in [0.717, 1.165) is 43.7 Å². The molecule has 1 aliphatic heterocycles. The molecular formula is C16H23N5O. The fourth-order valence-electron chi connectivity index (χ4n) is 3.28. The number of likely N-dealkylation sites (tertiary alicyclic amines) is 1. The van der Waals surface area contributed by atoms with E-state index in [4.69, 9.17) is 0 Å². The highest BCUT2D eigenvalue weighted by atomic mass is 16.2. The molecule has 1 unspecified atom stereocenters. The van der Waals surface area contributed by atoms with Gasteiger partial charge in [-0.25, -0.2) is 4.98 Å². The lowest BCUT2D eigenvalue weighted by Gasteiger charge is -2.26. The molecule has 0 aliphatic carbocycles. The van der Waals surface area contributed by atoms with Gasteiger partial charge in [0.1, 0.15) is 0 Å². The van der Waals surface area contributed by atoms with Crippen molar-refractivity contribution in [1.82, 2.24) is 25.0 Å². The molecule has 1 aliphatic rings. The molecule has 1 fully saturated rings. The van der Waals surface area contributed by atoms with Crippen LogP contribution in [-0.4, -0.2) is 63.1 Å². The Morgan fingerprint density at radius 3 is 2.95 bits per heavy atom. The van der Waals surface area contributed by atoms with Gasteiger partial charge in [0, 0.05) is 36.4 Å². The molecule has 1 atom stereocenters. The third kappa shape index (κ3) is 2.59. The SMILES string of the molecule is CCN(CC)C1CCN(C(=O)c2cnc3n[nH]c(C)c3c2)C1. The minimum Gasteiger partial charge on any atom is -0.337 e. The van der Waals surface area contributed by atoms with E-state index in [0.29, 0.717) is 17.3 Å². The summed E-state index contributed by atoms with van der Waals surface area (Å²) >= 11 is 0. The molecule has 0 aromatic carbocycles. The van der Waals surface area contributed by atoms with Gasteiger partial charge in [0.05, 0.1) is 5.56 Å². The summed E-state index contributed by atoms with van der Waals surface area (Å²) in [5.41, 5.74) is 2.26. The maximum absolute atomic E-state index is 12.7. The first kappa shape index (κ1) is 15.0. The Morgan fingerprint density at radius 2 is 2.23 bits per heavy atom. The minimum atomic E-state index is 0.0738. The van der Waals surface area contributed by atoms with Gasteiger partial charge < -0.3 is 4.90 Å². The van der Waals surface area contributed by atoms with Crippen molar-refractivity contribution in [3.63, 3.8) is 0 Å². The van der Waals surface area contributed by atoms with E-state index in [9.17, 15) is 4.79 Å². The summed E-state index contributed by atoms with van der Waals surface area (Å²) in [6, 6.07) is 2.38. The molecule has 0 saturated carbocycles. The van der Waals surface area contributed by atoms with Crippen LogP contribution in [0.5, 0.6) is 0 Å². The average molecular weight is 301 g/mol. The number of fused-ring (bicyclic) bond motifs is 1. The number of aromatic nitrogens is 3. The number of carbonyl (C=O) groups is 1. The van der Waals surface area contributed by atoms with Crippen LogP contribution < -0.4 is 0 Å². The highest BCUT2D eigenvalue weighted by Gasteiger charge is 2.29. The first-order chi connectivity index (χ1) is 10.6. The third-order valence-electron chi connectivity index (χ3n) is 4.63. The van der Waals surface area contributed by atoms with Crippen molar-refractivity contribution in [1.29, 1.82) is 0 Å². The Kier molecular flexibility index (Phi) is 4.11. The summed E-state index contributed by atoms with van der Waals surface area (Å²) in [6.07, 6.45) is 2.68. The summed E-state index contributed by atoms with van der Waals surface area (Å²) in [5, 5.41) is 7.93. The highest BCUT2D eigenvalue weighted by Crippen LogP contribution is 2.20. The Balaban J connectivity index is 1.77. The van der Waals surface area contributed by atoms with Gasteiger partial charge in [0.25, 0.3) is 5.91 Å². The van der Waals surface area contributed by atoms with Gasteiger partial charge in [-0.15, -0.1) is 0 Å². The Hall–Kier alpha value is -1.95. The van der Waals surface area contributed by atoms with Crippen LogP contribution in [0.25, 0.3) is 11.0 Å². The van der Waals surface area contributed by atoms with Crippen molar-refractivity contribution in [2.45, 2.75) is 33.2 Å². The van der Waals surface area contributed by atoms with E-state index in [-0.39, 0.29) is 5.91 Å². The summed E-state index contributed by atoms with van der Waals surface area (Å²) in [7, 11) is 0. The Bertz CT molecular complexity index is 676. The number of hydrogen-bond donors (Lipinski definition) is 1. The standard InChI is InChI=1S/C16H23N5O/c1-4-20(5-2)13-6-7-21(10-13)16(22)12-8-14-11(3)18-19-15(14)17-9-12/h8-9,13H,4-7,10H2,1-3H3,(H,17,18,19). The molecule has 6 nitrogen and oxygen atoms in total. The first-order valence-corrected chi connectivity index (χ1v) is 7.98. The average Bonchev–Trinajstić information content (AvgIpc) is 3.16. The monoisotopic (exact) mass is 301 g/mol. The lowest BCUT2D eigenvalue weighted by Crippen LogP contribution is -2.38. The van der Waals surface area contributed by atoms with Crippen molar-refractivity contribution in [3.05, 3.63) is 23.5 Å². The summed E-state index contributed by atoms with van der Waals surface area (Å²) < 4.78 is 0. The van der Waals surface area contributed by atoms with Crippen LogP contribution in [-0.2, 0) is 0 Å². The molecule has 3 rings (SSSR count). The normalized spacial score (nSPS) is 18.5. The van der Waals surface area contributed by atoms with E-state index in [1.54, 1.807) is 6.20 Å². The molecule has 2 aromatic heterocycles. The maximum atomic E-state index is 12.7. The Morgan fingerprint density at radius 1 is 1.45 bits per heavy atom. The molecule has 0 radical (unpaired) electrons. The van der Waals surface area contributed by atoms with E-state index < -0.39 is 0 Å². The zero-order valence-electron chi connectivity index (χ0n) is 13.5. The molecule has 118 valence electrons. The van der Waals surface area contributed by atoms with Crippen LogP contribution >= 0.6 is 0 Å². The second-order valence-electron chi connectivity index (χ2n) is 5.86.